The molecule has 0 atom stereocenters. The Kier molecular flexibility index (Phi) is 16.7. The molecule has 82 heavy (non-hydrogen) atoms. The van der Waals surface area contributed by atoms with E-state index in [1.54, 1.807) is 69.5 Å². The van der Waals surface area contributed by atoms with Gasteiger partial charge in [0.2, 0.25) is 0 Å². The zero-order valence-corrected chi connectivity index (χ0v) is 51.4. The van der Waals surface area contributed by atoms with Crippen LogP contribution in [0.3, 0.4) is 0 Å². The van der Waals surface area contributed by atoms with Gasteiger partial charge in [0.25, 0.3) is 0 Å². The van der Waals surface area contributed by atoms with Crippen LogP contribution in [0.4, 0.5) is 0 Å². The molecule has 0 amide bonds. The van der Waals surface area contributed by atoms with Crippen molar-refractivity contribution < 1.29 is 37.8 Å². The van der Waals surface area contributed by atoms with E-state index >= 15 is 0 Å². The Labute approximate surface area is 487 Å². The van der Waals surface area contributed by atoms with E-state index in [0.717, 1.165) is 96.6 Å². The second kappa shape index (κ2) is 23.1. The number of ether oxygens (including phenoxy) is 4. The standard InChI is InChI=1S/C26H31N7O3.C17H18BrN5O.C15H25BN2O4/c1-7-35-25(34)26(5,6)32-14-19(13-27-32)18-8-9-20-22(12-18)36-11-10-31-15-21(29-23(20)31)24-28-17(4)30-33(24)16(2)3;1-10(2)23-17(19-11(3)21-23)14-9-22-6-7-24-15-8-12(18)4-5-13(15)16(22)20-14;1-8-20-12(19)13(2,3)18-10-11(9-17-18)16-21-14(4,5)15(6,7)22-16/h8-9,12-16H,7,10-11H2,1-6H3;4-5,8-10H,6-7H2,1-3H3;9-10H,8H2,1-7H3. The third kappa shape index (κ3) is 11.8. The highest BCUT2D eigenvalue weighted by Crippen LogP contribution is 2.40. The summed E-state index contributed by atoms with van der Waals surface area (Å²) < 4.78 is 46.6. The van der Waals surface area contributed by atoms with E-state index in [1.807, 2.05) is 106 Å². The number of carbonyl (C=O) groups excluding carboxylic acids is 2. The number of fused-ring (bicyclic) bond motifs is 6. The summed E-state index contributed by atoms with van der Waals surface area (Å²) in [5.41, 5.74) is 3.55. The molecule has 24 heteroatoms. The molecule has 0 radical (unpaired) electrons. The van der Waals surface area contributed by atoms with Crippen molar-refractivity contribution in [1.82, 2.24) is 68.2 Å². The minimum Gasteiger partial charge on any atom is -0.491 e. The predicted octanol–water partition coefficient (Wildman–Crippen LogP) is 9.59. The number of esters is 2. The van der Waals surface area contributed by atoms with Crippen LogP contribution < -0.4 is 14.9 Å². The summed E-state index contributed by atoms with van der Waals surface area (Å²) in [7, 11) is -0.489. The van der Waals surface area contributed by atoms with Crippen molar-refractivity contribution in [3.63, 3.8) is 0 Å². The number of aromatic nitrogens is 14. The lowest BCUT2D eigenvalue weighted by atomic mass is 9.82. The van der Waals surface area contributed by atoms with Crippen LogP contribution in [-0.2, 0) is 52.5 Å². The van der Waals surface area contributed by atoms with E-state index in [2.05, 4.69) is 83.1 Å². The first-order valence-electron chi connectivity index (χ1n) is 27.7. The average molecular weight is 1190 g/mol. The Balaban J connectivity index is 0.000000155. The SMILES string of the molecule is CCOC(=O)C(C)(C)n1cc(-c2ccc3c(c2)OCCn2cc(-c4nc(C)nn4C(C)C)nc2-3)cn1.CCOC(=O)C(C)(C)n1cc(B2OC(C)(C)C(C)(C)O2)cn1.Cc1nc(-c2cn3c(n2)-c2ccc(Br)cc2OCC3)n(C(C)C)n1. The fourth-order valence-electron chi connectivity index (χ4n) is 9.39. The van der Waals surface area contributed by atoms with E-state index in [0.29, 0.717) is 33.0 Å². The highest BCUT2D eigenvalue weighted by molar-refractivity contribution is 9.10. The predicted molar refractivity (Wildman–Crippen MR) is 313 cm³/mol. The van der Waals surface area contributed by atoms with Crippen LogP contribution in [0, 0.1) is 13.8 Å². The molecule has 6 aromatic heterocycles. The van der Waals surface area contributed by atoms with Crippen molar-refractivity contribution in [2.45, 2.75) is 158 Å². The third-order valence-electron chi connectivity index (χ3n) is 14.8. The van der Waals surface area contributed by atoms with Crippen LogP contribution in [0.25, 0.3) is 56.9 Å². The maximum Gasteiger partial charge on any atom is 0.498 e. The molecule has 434 valence electrons. The molecule has 0 spiro atoms. The smallest absolute Gasteiger partial charge is 0.491 e. The van der Waals surface area contributed by atoms with Crippen LogP contribution in [0.5, 0.6) is 11.5 Å². The minimum absolute atomic E-state index is 0.176. The van der Waals surface area contributed by atoms with Crippen LogP contribution in [-0.4, -0.2) is 125 Å². The maximum absolute atomic E-state index is 12.4. The third-order valence-corrected chi connectivity index (χ3v) is 15.3. The van der Waals surface area contributed by atoms with Gasteiger partial charge in [-0.25, -0.2) is 38.9 Å². The lowest BCUT2D eigenvalue weighted by Gasteiger charge is -2.32. The van der Waals surface area contributed by atoms with Gasteiger partial charge in [0, 0.05) is 58.6 Å². The summed E-state index contributed by atoms with van der Waals surface area (Å²) in [6.07, 6.45) is 11.1. The Hall–Kier alpha value is -7.44. The van der Waals surface area contributed by atoms with Gasteiger partial charge in [-0.2, -0.15) is 20.4 Å². The molecule has 0 bridgehead atoms. The fourth-order valence-corrected chi connectivity index (χ4v) is 9.73. The first-order valence-corrected chi connectivity index (χ1v) is 28.5. The van der Waals surface area contributed by atoms with Crippen molar-refractivity contribution >= 4 is 40.4 Å². The zero-order chi connectivity index (χ0) is 59.2. The van der Waals surface area contributed by atoms with Gasteiger partial charge in [0.15, 0.2) is 22.7 Å². The quantitative estimate of drug-likeness (QED) is 0.0820. The monoisotopic (exact) mass is 1180 g/mol. The lowest BCUT2D eigenvalue weighted by molar-refractivity contribution is -0.153. The van der Waals surface area contributed by atoms with Gasteiger partial charge in [-0.15, -0.1) is 0 Å². The maximum atomic E-state index is 12.4. The molecule has 1 saturated heterocycles. The molecule has 3 aliphatic heterocycles. The average Bonchev–Trinajstić information content (AvgIpc) is 4.30. The number of nitrogens with zero attached hydrogens (tertiary/aromatic N) is 14. The Morgan fingerprint density at radius 3 is 1.59 bits per heavy atom. The number of aryl methyl sites for hydroxylation is 2. The van der Waals surface area contributed by atoms with Gasteiger partial charge in [-0.05, 0) is 147 Å². The van der Waals surface area contributed by atoms with Crippen LogP contribution in [0.2, 0.25) is 0 Å². The summed E-state index contributed by atoms with van der Waals surface area (Å²) in [4.78, 5) is 43.5. The summed E-state index contributed by atoms with van der Waals surface area (Å²) in [6, 6.07) is 12.5. The van der Waals surface area contributed by atoms with Crippen molar-refractivity contribution in [2.24, 2.45) is 0 Å². The largest absolute Gasteiger partial charge is 0.498 e. The van der Waals surface area contributed by atoms with Crippen molar-refractivity contribution in [3.05, 3.63) is 89.7 Å². The Morgan fingerprint density at radius 1 is 0.634 bits per heavy atom. The summed E-state index contributed by atoms with van der Waals surface area (Å²) >= 11 is 3.50. The molecule has 22 nitrogen and oxygen atoms in total. The second-order valence-corrected chi connectivity index (χ2v) is 23.8. The van der Waals surface area contributed by atoms with E-state index in [9.17, 15) is 9.59 Å². The highest BCUT2D eigenvalue weighted by atomic mass is 79.9. The lowest BCUT2D eigenvalue weighted by Crippen LogP contribution is -2.41. The van der Waals surface area contributed by atoms with Crippen molar-refractivity contribution in [2.75, 3.05) is 26.4 Å². The van der Waals surface area contributed by atoms with E-state index in [4.69, 9.17) is 38.2 Å². The zero-order valence-electron chi connectivity index (χ0n) is 49.8. The van der Waals surface area contributed by atoms with E-state index in [-0.39, 0.29) is 24.0 Å². The molecule has 2 aromatic carbocycles. The fraction of sp³-hybridized carbons (Fsp3) is 0.483. The number of rotatable bonds is 12. The van der Waals surface area contributed by atoms with Crippen LogP contribution >= 0.6 is 15.9 Å². The summed E-state index contributed by atoms with van der Waals surface area (Å²) in [6.45, 7) is 34.1. The van der Waals surface area contributed by atoms with Crippen molar-refractivity contribution in [1.29, 1.82) is 0 Å². The number of carbonyl (C=O) groups is 2. The number of imidazole rings is 2. The van der Waals surface area contributed by atoms with Gasteiger partial charge in [0.05, 0.1) is 54.8 Å². The number of hydrogen-bond donors (Lipinski definition) is 0. The van der Waals surface area contributed by atoms with Gasteiger partial charge in [-0.3, -0.25) is 9.36 Å². The van der Waals surface area contributed by atoms with E-state index < -0.39 is 29.4 Å². The number of hydrogen-bond acceptors (Lipinski definition) is 16. The second-order valence-electron chi connectivity index (χ2n) is 22.9. The van der Waals surface area contributed by atoms with Gasteiger partial charge < -0.3 is 37.4 Å². The normalized spacial score (nSPS) is 15.1. The van der Waals surface area contributed by atoms with E-state index in [1.165, 1.54) is 0 Å². The molecule has 9 heterocycles. The number of halogens is 1. The molecule has 1 fully saturated rings. The molecular formula is C58H74BBrN14O8. The first-order chi connectivity index (χ1) is 38.7. The summed E-state index contributed by atoms with van der Waals surface area (Å²) in [5.74, 6) is 5.75. The Bertz CT molecular complexity index is 3600. The van der Waals surface area contributed by atoms with Gasteiger partial charge >= 0.3 is 19.1 Å². The molecule has 0 saturated carbocycles. The molecule has 0 aliphatic carbocycles. The molecule has 11 rings (SSSR count). The van der Waals surface area contributed by atoms with Crippen LogP contribution in [0.15, 0.2) is 78.1 Å². The van der Waals surface area contributed by atoms with Crippen LogP contribution in [0.1, 0.15) is 121 Å². The topological polar surface area (TPSA) is 222 Å². The van der Waals surface area contributed by atoms with Gasteiger partial charge in [0.1, 0.15) is 59.4 Å². The molecule has 3 aliphatic rings. The molecule has 8 aromatic rings. The van der Waals surface area contributed by atoms with Gasteiger partial charge in [-0.1, -0.05) is 22.0 Å². The molecule has 0 unspecified atom stereocenters. The summed E-state index contributed by atoms with van der Waals surface area (Å²) in [5, 5.41) is 17.8. The number of benzene rings is 2. The van der Waals surface area contributed by atoms with Crippen molar-refractivity contribution in [3.8, 4) is 68.4 Å². The minimum atomic E-state index is -0.910. The highest BCUT2D eigenvalue weighted by Gasteiger charge is 2.52. The molecule has 0 N–H and O–H groups in total. The first kappa shape index (κ1) is 59.2. The Morgan fingerprint density at radius 2 is 1.10 bits per heavy atom. The molecular weight excluding hydrogens is 1110 g/mol.